The summed E-state index contributed by atoms with van der Waals surface area (Å²) in [4.78, 5) is 11.3. The minimum absolute atomic E-state index is 0.0667. The first-order chi connectivity index (χ1) is 13.3. The van der Waals surface area contributed by atoms with Crippen molar-refractivity contribution in [3.05, 3.63) is 64.5 Å². The van der Waals surface area contributed by atoms with Crippen molar-refractivity contribution in [2.45, 2.75) is 19.8 Å². The maximum atomic E-state index is 13.7. The van der Waals surface area contributed by atoms with Crippen molar-refractivity contribution in [2.24, 2.45) is 0 Å². The van der Waals surface area contributed by atoms with Crippen LogP contribution in [-0.4, -0.2) is 30.4 Å². The molecule has 1 aliphatic rings. The van der Waals surface area contributed by atoms with Crippen molar-refractivity contribution in [1.82, 2.24) is 0 Å². The van der Waals surface area contributed by atoms with Crippen LogP contribution in [0.5, 0.6) is 17.2 Å². The first-order valence-electron chi connectivity index (χ1n) is 8.72. The van der Waals surface area contributed by atoms with Crippen LogP contribution >= 0.6 is 0 Å². The van der Waals surface area contributed by atoms with Crippen molar-refractivity contribution < 1.29 is 28.9 Å². The van der Waals surface area contributed by atoms with Crippen LogP contribution in [0.2, 0.25) is 0 Å². The standard InChI is InChI=1S/C22H21FO5/c1-12-15(6-4-13-8-19(27-2)22(26)20(9-13)28-3)16-7-5-14(23)10-18(16)17(12)11-21(24)25/h5-10,26H,4,11H2,1-3H3,(H,24,25)/b15-6+. The first kappa shape index (κ1) is 19.5. The van der Waals surface area contributed by atoms with Gasteiger partial charge in [-0.1, -0.05) is 12.1 Å². The molecule has 1 aliphatic carbocycles. The number of fused-ring (bicyclic) bond motifs is 1. The fraction of sp³-hybridized carbons (Fsp3) is 0.227. The van der Waals surface area contributed by atoms with Gasteiger partial charge in [-0.25, -0.2) is 4.39 Å². The third-order valence-electron chi connectivity index (χ3n) is 4.86. The Labute approximate surface area is 162 Å². The second-order valence-electron chi connectivity index (χ2n) is 6.53. The van der Waals surface area contributed by atoms with Gasteiger partial charge in [0, 0.05) is 0 Å². The molecule has 0 bridgehead atoms. The number of methoxy groups -OCH3 is 2. The number of halogens is 1. The Hall–Kier alpha value is -3.28. The van der Waals surface area contributed by atoms with Gasteiger partial charge < -0.3 is 19.7 Å². The Morgan fingerprint density at radius 1 is 1.11 bits per heavy atom. The zero-order valence-corrected chi connectivity index (χ0v) is 15.9. The number of ether oxygens (including phenoxy) is 2. The highest BCUT2D eigenvalue weighted by atomic mass is 19.1. The molecule has 0 fully saturated rings. The van der Waals surface area contributed by atoms with E-state index in [0.29, 0.717) is 29.1 Å². The second-order valence-corrected chi connectivity index (χ2v) is 6.53. The van der Waals surface area contributed by atoms with Crippen LogP contribution in [0.15, 0.2) is 42.0 Å². The predicted octanol–water partition coefficient (Wildman–Crippen LogP) is 4.44. The van der Waals surface area contributed by atoms with E-state index in [-0.39, 0.29) is 12.2 Å². The molecule has 5 nitrogen and oxygen atoms in total. The van der Waals surface area contributed by atoms with Crippen molar-refractivity contribution in [3.63, 3.8) is 0 Å². The third-order valence-corrected chi connectivity index (χ3v) is 4.86. The quantitative estimate of drug-likeness (QED) is 0.770. The monoisotopic (exact) mass is 384 g/mol. The number of carboxylic acids is 1. The van der Waals surface area contributed by atoms with E-state index in [0.717, 1.165) is 22.3 Å². The maximum absolute atomic E-state index is 13.7. The molecule has 28 heavy (non-hydrogen) atoms. The largest absolute Gasteiger partial charge is 0.502 e. The number of carbonyl (C=O) groups is 1. The number of benzene rings is 2. The molecule has 0 atom stereocenters. The molecule has 0 radical (unpaired) electrons. The zero-order chi connectivity index (χ0) is 20.4. The molecule has 2 N–H and O–H groups in total. The molecule has 0 amide bonds. The Kier molecular flexibility index (Phi) is 5.40. The number of carboxylic acid groups (broad SMARTS) is 1. The van der Waals surface area contributed by atoms with Crippen LogP contribution in [-0.2, 0) is 11.2 Å². The van der Waals surface area contributed by atoms with E-state index in [1.807, 2.05) is 13.0 Å². The molecule has 0 spiro atoms. The van der Waals surface area contributed by atoms with Crippen LogP contribution < -0.4 is 9.47 Å². The Bertz CT molecular complexity index is 979. The lowest BCUT2D eigenvalue weighted by Crippen LogP contribution is -1.97. The highest BCUT2D eigenvalue weighted by Crippen LogP contribution is 2.43. The van der Waals surface area contributed by atoms with Gasteiger partial charge in [-0.05, 0) is 71.0 Å². The van der Waals surface area contributed by atoms with Gasteiger partial charge in [0.05, 0.1) is 20.6 Å². The summed E-state index contributed by atoms with van der Waals surface area (Å²) < 4.78 is 24.1. The molecule has 2 aromatic rings. The van der Waals surface area contributed by atoms with Gasteiger partial charge >= 0.3 is 5.97 Å². The lowest BCUT2D eigenvalue weighted by molar-refractivity contribution is -0.135. The van der Waals surface area contributed by atoms with Crippen molar-refractivity contribution in [3.8, 4) is 17.2 Å². The highest BCUT2D eigenvalue weighted by Gasteiger charge is 2.25. The Balaban J connectivity index is 2.03. The van der Waals surface area contributed by atoms with Crippen molar-refractivity contribution in [1.29, 1.82) is 0 Å². The number of hydrogen-bond donors (Lipinski definition) is 2. The summed E-state index contributed by atoms with van der Waals surface area (Å²) in [7, 11) is 2.92. The lowest BCUT2D eigenvalue weighted by atomic mass is 10.00. The van der Waals surface area contributed by atoms with Crippen LogP contribution in [0.3, 0.4) is 0 Å². The van der Waals surface area contributed by atoms with Gasteiger partial charge in [0.15, 0.2) is 11.5 Å². The molecule has 146 valence electrons. The maximum Gasteiger partial charge on any atom is 0.307 e. The van der Waals surface area contributed by atoms with Gasteiger partial charge in [-0.3, -0.25) is 4.79 Å². The van der Waals surface area contributed by atoms with Gasteiger partial charge in [0.2, 0.25) is 5.75 Å². The van der Waals surface area contributed by atoms with E-state index in [1.165, 1.54) is 26.4 Å². The number of aromatic hydroxyl groups is 1. The van der Waals surface area contributed by atoms with E-state index >= 15 is 0 Å². The van der Waals surface area contributed by atoms with Gasteiger partial charge in [0.25, 0.3) is 0 Å². The summed E-state index contributed by atoms with van der Waals surface area (Å²) in [6.45, 7) is 1.85. The molecule has 3 rings (SSSR count). The van der Waals surface area contributed by atoms with Crippen LogP contribution in [0, 0.1) is 5.82 Å². The average molecular weight is 384 g/mol. The molecule has 6 heteroatoms. The number of rotatable bonds is 6. The number of allylic oxidation sites excluding steroid dienone is 3. The summed E-state index contributed by atoms with van der Waals surface area (Å²) in [5.41, 5.74) is 4.59. The van der Waals surface area contributed by atoms with Gasteiger partial charge in [-0.15, -0.1) is 0 Å². The number of phenolic OH excluding ortho intramolecular Hbond substituents is 1. The van der Waals surface area contributed by atoms with Crippen LogP contribution in [0.4, 0.5) is 4.39 Å². The van der Waals surface area contributed by atoms with Gasteiger partial charge in [0.1, 0.15) is 5.82 Å². The molecule has 0 aliphatic heterocycles. The van der Waals surface area contributed by atoms with E-state index in [4.69, 9.17) is 9.47 Å². The third kappa shape index (κ3) is 3.58. The van der Waals surface area contributed by atoms with Crippen molar-refractivity contribution in [2.75, 3.05) is 14.2 Å². The average Bonchev–Trinajstić information content (AvgIpc) is 2.91. The molecule has 2 aromatic carbocycles. The molecular formula is C22H21FO5. The van der Waals surface area contributed by atoms with Crippen LogP contribution in [0.1, 0.15) is 30.0 Å². The summed E-state index contributed by atoms with van der Waals surface area (Å²) >= 11 is 0. The number of phenols is 1. The SMILES string of the molecule is COc1cc(C/C=C2\C(C)=C(CC(=O)O)c3cc(F)ccc32)cc(OC)c1O. The van der Waals surface area contributed by atoms with Crippen molar-refractivity contribution >= 4 is 17.1 Å². The highest BCUT2D eigenvalue weighted by molar-refractivity contribution is 6.03. The van der Waals surface area contributed by atoms with Crippen LogP contribution in [0.25, 0.3) is 11.1 Å². The minimum atomic E-state index is -0.959. The zero-order valence-electron chi connectivity index (χ0n) is 15.9. The first-order valence-corrected chi connectivity index (χ1v) is 8.72. The summed E-state index contributed by atoms with van der Waals surface area (Å²) in [5, 5.41) is 19.3. The van der Waals surface area contributed by atoms with E-state index in [1.54, 1.807) is 18.2 Å². The summed E-state index contributed by atoms with van der Waals surface area (Å²) in [6.07, 6.45) is 2.30. The predicted molar refractivity (Wildman–Crippen MR) is 104 cm³/mol. The Morgan fingerprint density at radius 2 is 1.75 bits per heavy atom. The minimum Gasteiger partial charge on any atom is -0.502 e. The topological polar surface area (TPSA) is 76.0 Å². The summed E-state index contributed by atoms with van der Waals surface area (Å²) in [6, 6.07) is 7.85. The number of hydrogen-bond acceptors (Lipinski definition) is 4. The fourth-order valence-corrected chi connectivity index (χ4v) is 3.50. The normalized spacial score (nSPS) is 14.4. The molecule has 0 saturated carbocycles. The molecule has 0 unspecified atom stereocenters. The second kappa shape index (κ2) is 7.76. The Morgan fingerprint density at radius 3 is 2.32 bits per heavy atom. The fourth-order valence-electron chi connectivity index (χ4n) is 3.50. The van der Waals surface area contributed by atoms with E-state index < -0.39 is 11.8 Å². The molecular weight excluding hydrogens is 363 g/mol. The lowest BCUT2D eigenvalue weighted by Gasteiger charge is -2.11. The molecule has 0 aromatic heterocycles. The van der Waals surface area contributed by atoms with E-state index in [2.05, 4.69) is 0 Å². The molecule has 0 heterocycles. The smallest absolute Gasteiger partial charge is 0.307 e. The molecule has 0 saturated heterocycles. The van der Waals surface area contributed by atoms with Gasteiger partial charge in [-0.2, -0.15) is 0 Å². The van der Waals surface area contributed by atoms with E-state index in [9.17, 15) is 19.4 Å². The summed E-state index contributed by atoms with van der Waals surface area (Å²) in [5.74, 6) is -0.814. The number of aliphatic carboxylic acids is 1.